The quantitative estimate of drug-likeness (QED) is 0.220. The summed E-state index contributed by atoms with van der Waals surface area (Å²) >= 11 is 0. The van der Waals surface area contributed by atoms with Crippen LogP contribution in [0.2, 0.25) is 0 Å². The minimum absolute atomic E-state index is 0.245. The van der Waals surface area contributed by atoms with Crippen molar-refractivity contribution in [2.45, 2.75) is 65.2 Å². The van der Waals surface area contributed by atoms with Gasteiger partial charge in [0.2, 0.25) is 5.82 Å². The third-order valence-corrected chi connectivity index (χ3v) is 4.71. The third-order valence-electron chi connectivity index (χ3n) is 4.71. The predicted octanol–water partition coefficient (Wildman–Crippen LogP) is 6.88. The first-order valence-corrected chi connectivity index (χ1v) is 10.5. The molecule has 29 heavy (non-hydrogen) atoms. The number of benzene rings is 2. The van der Waals surface area contributed by atoms with E-state index in [9.17, 15) is 13.6 Å². The molecule has 0 atom stereocenters. The number of halogens is 2. The lowest BCUT2D eigenvalue weighted by atomic mass is 10.1. The smallest absolute Gasteiger partial charge is 0.343 e. The Morgan fingerprint density at radius 2 is 1.52 bits per heavy atom. The summed E-state index contributed by atoms with van der Waals surface area (Å²) in [5, 5.41) is 0. The van der Waals surface area contributed by atoms with Gasteiger partial charge >= 0.3 is 5.97 Å². The number of unbranched alkanes of at least 4 members (excludes halogenated alkanes) is 5. The molecule has 0 saturated heterocycles. The second-order valence-electron chi connectivity index (χ2n) is 7.13. The van der Waals surface area contributed by atoms with Gasteiger partial charge in [0, 0.05) is 0 Å². The number of hydrogen-bond acceptors (Lipinski definition) is 3. The fourth-order valence-corrected chi connectivity index (χ4v) is 3.03. The van der Waals surface area contributed by atoms with Crippen molar-refractivity contribution in [3.63, 3.8) is 0 Å². The van der Waals surface area contributed by atoms with Gasteiger partial charge in [-0.25, -0.2) is 9.18 Å². The highest BCUT2D eigenvalue weighted by atomic mass is 19.2. The summed E-state index contributed by atoms with van der Waals surface area (Å²) in [6.07, 6.45) is 8.25. The van der Waals surface area contributed by atoms with Crippen molar-refractivity contribution in [3.05, 3.63) is 59.2 Å². The second kappa shape index (κ2) is 12.2. The maximum atomic E-state index is 14.1. The molecule has 0 N–H and O–H groups in total. The summed E-state index contributed by atoms with van der Waals surface area (Å²) in [6.45, 7) is 4.71. The van der Waals surface area contributed by atoms with E-state index in [0.29, 0.717) is 25.2 Å². The van der Waals surface area contributed by atoms with Gasteiger partial charge in [-0.15, -0.1) is 0 Å². The first-order valence-electron chi connectivity index (χ1n) is 10.5. The van der Waals surface area contributed by atoms with Gasteiger partial charge < -0.3 is 9.47 Å². The molecule has 2 aromatic carbocycles. The van der Waals surface area contributed by atoms with E-state index < -0.39 is 23.4 Å². The highest BCUT2D eigenvalue weighted by Crippen LogP contribution is 2.25. The molecule has 0 aromatic heterocycles. The summed E-state index contributed by atoms with van der Waals surface area (Å²) in [4.78, 5) is 12.2. The molecule has 0 spiro atoms. The van der Waals surface area contributed by atoms with Gasteiger partial charge in [-0.1, -0.05) is 58.4 Å². The maximum absolute atomic E-state index is 14.1. The molecule has 0 saturated carbocycles. The van der Waals surface area contributed by atoms with Crippen molar-refractivity contribution in [1.29, 1.82) is 0 Å². The van der Waals surface area contributed by atoms with E-state index in [2.05, 4.69) is 6.92 Å². The van der Waals surface area contributed by atoms with E-state index in [1.54, 1.807) is 24.3 Å². The van der Waals surface area contributed by atoms with Crippen LogP contribution in [0.5, 0.6) is 11.5 Å². The minimum atomic E-state index is -1.14. The van der Waals surface area contributed by atoms with Gasteiger partial charge in [0.05, 0.1) is 12.2 Å². The van der Waals surface area contributed by atoms with Crippen LogP contribution in [0.15, 0.2) is 36.4 Å². The summed E-state index contributed by atoms with van der Waals surface area (Å²) in [5.74, 6) is -2.58. The molecule has 0 heterocycles. The van der Waals surface area contributed by atoms with E-state index >= 15 is 0 Å². The van der Waals surface area contributed by atoms with Crippen molar-refractivity contribution in [2.75, 3.05) is 6.61 Å². The van der Waals surface area contributed by atoms with Crippen LogP contribution in [0, 0.1) is 11.6 Å². The molecule has 0 amide bonds. The van der Waals surface area contributed by atoms with E-state index in [4.69, 9.17) is 9.47 Å². The van der Waals surface area contributed by atoms with Crippen molar-refractivity contribution >= 4 is 5.97 Å². The zero-order chi connectivity index (χ0) is 21.1. The third kappa shape index (κ3) is 7.15. The normalized spacial score (nSPS) is 10.8. The zero-order valence-corrected chi connectivity index (χ0v) is 17.3. The van der Waals surface area contributed by atoms with Gasteiger partial charge in [-0.3, -0.25) is 0 Å². The van der Waals surface area contributed by atoms with Gasteiger partial charge in [0.1, 0.15) is 5.75 Å². The molecule has 0 radical (unpaired) electrons. The van der Waals surface area contributed by atoms with E-state index in [0.717, 1.165) is 12.8 Å². The van der Waals surface area contributed by atoms with E-state index in [-0.39, 0.29) is 11.1 Å². The first-order chi connectivity index (χ1) is 14.1. The standard InChI is InChI=1S/C24H30F2O3/c1-3-5-6-7-8-9-17-28-20-14-11-19(12-15-20)24(27)29-21-16-13-18(10-4-2)22(25)23(21)26/h11-16H,3-10,17H2,1-2H3. The largest absolute Gasteiger partial charge is 0.494 e. The number of hydrogen-bond donors (Lipinski definition) is 0. The number of ether oxygens (including phenoxy) is 2. The van der Waals surface area contributed by atoms with Crippen LogP contribution in [-0.4, -0.2) is 12.6 Å². The number of aryl methyl sites for hydroxylation is 1. The molecule has 5 heteroatoms. The Hall–Kier alpha value is -2.43. The summed E-state index contributed by atoms with van der Waals surface area (Å²) in [5.41, 5.74) is 0.519. The van der Waals surface area contributed by atoms with Gasteiger partial charge in [-0.2, -0.15) is 4.39 Å². The average molecular weight is 404 g/mol. The zero-order valence-electron chi connectivity index (χ0n) is 17.3. The van der Waals surface area contributed by atoms with Crippen LogP contribution in [-0.2, 0) is 6.42 Å². The fourth-order valence-electron chi connectivity index (χ4n) is 3.03. The lowest BCUT2D eigenvalue weighted by molar-refractivity contribution is 0.0726. The van der Waals surface area contributed by atoms with Crippen LogP contribution in [0.1, 0.15) is 74.7 Å². The van der Waals surface area contributed by atoms with Crippen LogP contribution < -0.4 is 9.47 Å². The predicted molar refractivity (Wildman–Crippen MR) is 111 cm³/mol. The Kier molecular flexibility index (Phi) is 9.62. The molecule has 158 valence electrons. The van der Waals surface area contributed by atoms with Crippen LogP contribution >= 0.6 is 0 Å². The lowest BCUT2D eigenvalue weighted by Gasteiger charge is -2.10. The molecule has 2 rings (SSSR count). The van der Waals surface area contributed by atoms with Gasteiger partial charge in [0.15, 0.2) is 11.6 Å². The highest BCUT2D eigenvalue weighted by molar-refractivity contribution is 5.91. The monoisotopic (exact) mass is 404 g/mol. The van der Waals surface area contributed by atoms with Crippen molar-refractivity contribution in [1.82, 2.24) is 0 Å². The van der Waals surface area contributed by atoms with Crippen LogP contribution in [0.4, 0.5) is 8.78 Å². The second-order valence-corrected chi connectivity index (χ2v) is 7.13. The van der Waals surface area contributed by atoms with E-state index in [1.807, 2.05) is 6.92 Å². The highest BCUT2D eigenvalue weighted by Gasteiger charge is 2.17. The summed E-state index contributed by atoms with van der Waals surface area (Å²) in [7, 11) is 0. The van der Waals surface area contributed by atoms with Crippen LogP contribution in [0.3, 0.4) is 0 Å². The number of esters is 1. The maximum Gasteiger partial charge on any atom is 0.343 e. The molecule has 2 aromatic rings. The Bertz CT molecular complexity index is 772. The van der Waals surface area contributed by atoms with Crippen molar-refractivity contribution in [2.24, 2.45) is 0 Å². The molecule has 0 unspecified atom stereocenters. The molecular weight excluding hydrogens is 374 g/mol. The van der Waals surface area contributed by atoms with Gasteiger partial charge in [-0.05, 0) is 48.7 Å². The Morgan fingerprint density at radius 3 is 2.21 bits per heavy atom. The van der Waals surface area contributed by atoms with Gasteiger partial charge in [0.25, 0.3) is 0 Å². The number of carbonyl (C=O) groups is 1. The van der Waals surface area contributed by atoms with Crippen LogP contribution in [0.25, 0.3) is 0 Å². The minimum Gasteiger partial charge on any atom is -0.494 e. The van der Waals surface area contributed by atoms with Crippen molar-refractivity contribution in [3.8, 4) is 11.5 Å². The number of carbonyl (C=O) groups excluding carboxylic acids is 1. The molecular formula is C24H30F2O3. The molecule has 0 aliphatic carbocycles. The summed E-state index contributed by atoms with van der Waals surface area (Å²) < 4.78 is 38.8. The summed E-state index contributed by atoms with van der Waals surface area (Å²) in [6, 6.07) is 9.20. The lowest BCUT2D eigenvalue weighted by Crippen LogP contribution is -2.10. The molecule has 0 aliphatic heterocycles. The Morgan fingerprint density at radius 1 is 0.828 bits per heavy atom. The molecule has 0 aliphatic rings. The van der Waals surface area contributed by atoms with E-state index in [1.165, 1.54) is 37.8 Å². The Balaban J connectivity index is 1.85. The molecule has 0 fully saturated rings. The number of rotatable bonds is 12. The molecule has 0 bridgehead atoms. The Labute approximate surface area is 172 Å². The SMILES string of the molecule is CCCCCCCCOc1ccc(C(=O)Oc2ccc(CCC)c(F)c2F)cc1. The fraction of sp³-hybridized carbons (Fsp3) is 0.458. The topological polar surface area (TPSA) is 35.5 Å². The molecule has 3 nitrogen and oxygen atoms in total. The average Bonchev–Trinajstić information content (AvgIpc) is 2.73. The van der Waals surface area contributed by atoms with Crippen molar-refractivity contribution < 1.29 is 23.0 Å². The first kappa shape index (κ1) is 22.9.